The van der Waals surface area contributed by atoms with Crippen LogP contribution in [0.3, 0.4) is 0 Å². The van der Waals surface area contributed by atoms with E-state index in [0.717, 1.165) is 13.0 Å². The number of aromatic nitrogens is 1. The van der Waals surface area contributed by atoms with Gasteiger partial charge in [0, 0.05) is 18.8 Å². The number of nitrogens with zero attached hydrogens (tertiary/aromatic N) is 2. The SMILES string of the molecule is CC1CCCN(C(=O)c2ccc(NN)nc2)C1C. The number of carbonyl (C=O) groups is 1. The van der Waals surface area contributed by atoms with Crippen LogP contribution in [0.5, 0.6) is 0 Å². The second kappa shape index (κ2) is 5.35. The van der Waals surface area contributed by atoms with E-state index >= 15 is 0 Å². The summed E-state index contributed by atoms with van der Waals surface area (Å²) < 4.78 is 0. The van der Waals surface area contributed by atoms with Crippen LogP contribution < -0.4 is 11.3 Å². The number of hydrazine groups is 1. The highest BCUT2D eigenvalue weighted by molar-refractivity contribution is 5.94. The van der Waals surface area contributed by atoms with Crippen molar-refractivity contribution in [2.24, 2.45) is 11.8 Å². The molecule has 5 heteroatoms. The molecule has 1 aliphatic rings. The van der Waals surface area contributed by atoms with Crippen LogP contribution in [0.1, 0.15) is 37.0 Å². The van der Waals surface area contributed by atoms with Crippen LogP contribution in [0.15, 0.2) is 18.3 Å². The second-order valence-electron chi connectivity index (χ2n) is 4.94. The lowest BCUT2D eigenvalue weighted by Crippen LogP contribution is -2.46. The molecule has 0 saturated carbocycles. The lowest BCUT2D eigenvalue weighted by atomic mass is 9.91. The van der Waals surface area contributed by atoms with Crippen molar-refractivity contribution in [3.63, 3.8) is 0 Å². The van der Waals surface area contributed by atoms with Crippen LogP contribution in [0, 0.1) is 5.92 Å². The first kappa shape index (κ1) is 12.8. The molecule has 1 amide bonds. The Balaban J connectivity index is 2.14. The first-order valence-electron chi connectivity index (χ1n) is 6.37. The van der Waals surface area contributed by atoms with Crippen LogP contribution >= 0.6 is 0 Å². The van der Waals surface area contributed by atoms with Gasteiger partial charge in [-0.3, -0.25) is 4.79 Å². The fraction of sp³-hybridized carbons (Fsp3) is 0.538. The number of nitrogens with two attached hydrogens (primary N) is 1. The summed E-state index contributed by atoms with van der Waals surface area (Å²) in [6.45, 7) is 5.15. The van der Waals surface area contributed by atoms with E-state index in [0.29, 0.717) is 23.3 Å². The van der Waals surface area contributed by atoms with Crippen molar-refractivity contribution in [2.75, 3.05) is 12.0 Å². The minimum atomic E-state index is 0.0603. The van der Waals surface area contributed by atoms with Gasteiger partial charge < -0.3 is 10.3 Å². The van der Waals surface area contributed by atoms with Crippen molar-refractivity contribution in [1.29, 1.82) is 0 Å². The molecular formula is C13H20N4O. The summed E-state index contributed by atoms with van der Waals surface area (Å²) in [7, 11) is 0. The van der Waals surface area contributed by atoms with Gasteiger partial charge in [-0.15, -0.1) is 0 Å². The number of amides is 1. The van der Waals surface area contributed by atoms with Crippen LogP contribution in [0.25, 0.3) is 0 Å². The Bertz CT molecular complexity index is 418. The van der Waals surface area contributed by atoms with Crippen LogP contribution in [-0.2, 0) is 0 Å². The average molecular weight is 248 g/mol. The number of hydrogen-bond donors (Lipinski definition) is 2. The van der Waals surface area contributed by atoms with Crippen molar-refractivity contribution >= 4 is 11.7 Å². The smallest absolute Gasteiger partial charge is 0.255 e. The van der Waals surface area contributed by atoms with Crippen molar-refractivity contribution in [1.82, 2.24) is 9.88 Å². The molecule has 0 bridgehead atoms. The standard InChI is InChI=1S/C13H20N4O/c1-9-4-3-7-17(10(9)2)13(18)11-5-6-12(16-14)15-8-11/h5-6,8-10H,3-4,7,14H2,1-2H3,(H,15,16). The van der Waals surface area contributed by atoms with Gasteiger partial charge in [-0.2, -0.15) is 0 Å². The van der Waals surface area contributed by atoms with Crippen LogP contribution in [0.4, 0.5) is 5.82 Å². The number of nitrogen functional groups attached to an aromatic ring is 1. The Morgan fingerprint density at radius 2 is 2.28 bits per heavy atom. The van der Waals surface area contributed by atoms with Crippen molar-refractivity contribution in [2.45, 2.75) is 32.7 Å². The molecule has 1 aromatic heterocycles. The van der Waals surface area contributed by atoms with E-state index in [2.05, 4.69) is 24.3 Å². The first-order chi connectivity index (χ1) is 8.63. The van der Waals surface area contributed by atoms with Crippen molar-refractivity contribution < 1.29 is 4.79 Å². The Labute approximate surface area is 107 Å². The van der Waals surface area contributed by atoms with Crippen LogP contribution in [-0.4, -0.2) is 28.4 Å². The molecular weight excluding hydrogens is 228 g/mol. The monoisotopic (exact) mass is 248 g/mol. The molecule has 0 aromatic carbocycles. The average Bonchev–Trinajstić information content (AvgIpc) is 2.41. The molecule has 2 atom stereocenters. The van der Waals surface area contributed by atoms with Crippen molar-refractivity contribution in [3.8, 4) is 0 Å². The highest BCUT2D eigenvalue weighted by Crippen LogP contribution is 2.24. The number of pyridine rings is 1. The zero-order valence-electron chi connectivity index (χ0n) is 10.9. The predicted octanol–water partition coefficient (Wildman–Crippen LogP) is 1.63. The second-order valence-corrected chi connectivity index (χ2v) is 4.94. The highest BCUT2D eigenvalue weighted by Gasteiger charge is 2.28. The van der Waals surface area contributed by atoms with E-state index in [1.807, 2.05) is 4.90 Å². The molecule has 2 rings (SSSR count). The lowest BCUT2D eigenvalue weighted by Gasteiger charge is -2.37. The first-order valence-corrected chi connectivity index (χ1v) is 6.37. The van der Waals surface area contributed by atoms with Gasteiger partial charge >= 0.3 is 0 Å². The topological polar surface area (TPSA) is 71.2 Å². The number of anilines is 1. The zero-order chi connectivity index (χ0) is 13.1. The van der Waals surface area contributed by atoms with E-state index in [1.165, 1.54) is 6.42 Å². The Morgan fingerprint density at radius 1 is 1.50 bits per heavy atom. The molecule has 1 aromatic rings. The third-order valence-corrected chi connectivity index (χ3v) is 3.79. The van der Waals surface area contributed by atoms with Gasteiger partial charge in [0.15, 0.2) is 0 Å². The molecule has 18 heavy (non-hydrogen) atoms. The summed E-state index contributed by atoms with van der Waals surface area (Å²) in [5, 5.41) is 0. The van der Waals surface area contributed by atoms with Crippen molar-refractivity contribution in [3.05, 3.63) is 23.9 Å². The molecule has 1 aliphatic heterocycles. The normalized spacial score (nSPS) is 23.8. The largest absolute Gasteiger partial charge is 0.336 e. The number of piperidine rings is 1. The minimum absolute atomic E-state index is 0.0603. The fourth-order valence-corrected chi connectivity index (χ4v) is 2.39. The molecule has 1 fully saturated rings. The van der Waals surface area contributed by atoms with Crippen LogP contribution in [0.2, 0.25) is 0 Å². The quantitative estimate of drug-likeness (QED) is 0.616. The third-order valence-electron chi connectivity index (χ3n) is 3.79. The van der Waals surface area contributed by atoms with Gasteiger partial charge in [-0.1, -0.05) is 6.92 Å². The zero-order valence-corrected chi connectivity index (χ0v) is 10.9. The van der Waals surface area contributed by atoms with Gasteiger partial charge in [-0.25, -0.2) is 10.8 Å². The summed E-state index contributed by atoms with van der Waals surface area (Å²) in [6, 6.07) is 3.76. The molecule has 2 heterocycles. The number of carbonyl (C=O) groups excluding carboxylic acids is 1. The summed E-state index contributed by atoms with van der Waals surface area (Å²) >= 11 is 0. The van der Waals surface area contributed by atoms with E-state index in [9.17, 15) is 4.79 Å². The predicted molar refractivity (Wildman–Crippen MR) is 70.9 cm³/mol. The van der Waals surface area contributed by atoms with E-state index < -0.39 is 0 Å². The number of likely N-dealkylation sites (tertiary alicyclic amines) is 1. The Kier molecular flexibility index (Phi) is 3.81. The summed E-state index contributed by atoms with van der Waals surface area (Å²) in [4.78, 5) is 18.4. The van der Waals surface area contributed by atoms with Gasteiger partial charge in [0.1, 0.15) is 5.82 Å². The molecule has 5 nitrogen and oxygen atoms in total. The fourth-order valence-electron chi connectivity index (χ4n) is 2.39. The van der Waals surface area contributed by atoms with Gasteiger partial charge in [-0.05, 0) is 37.8 Å². The molecule has 0 spiro atoms. The molecule has 98 valence electrons. The number of nitrogens with one attached hydrogen (secondary N) is 1. The van der Waals surface area contributed by atoms with Gasteiger partial charge in [0.2, 0.25) is 0 Å². The summed E-state index contributed by atoms with van der Waals surface area (Å²) in [5.74, 6) is 6.43. The molecule has 1 saturated heterocycles. The third kappa shape index (κ3) is 2.46. The molecule has 0 radical (unpaired) electrons. The van der Waals surface area contributed by atoms with E-state index in [1.54, 1.807) is 18.3 Å². The molecule has 0 aliphatic carbocycles. The summed E-state index contributed by atoms with van der Waals surface area (Å²) in [5.41, 5.74) is 3.07. The molecule has 2 unspecified atom stereocenters. The summed E-state index contributed by atoms with van der Waals surface area (Å²) in [6.07, 6.45) is 3.84. The maximum atomic E-state index is 12.4. The van der Waals surface area contributed by atoms with E-state index in [-0.39, 0.29) is 5.91 Å². The van der Waals surface area contributed by atoms with E-state index in [4.69, 9.17) is 5.84 Å². The maximum Gasteiger partial charge on any atom is 0.255 e. The van der Waals surface area contributed by atoms with Gasteiger partial charge in [0.05, 0.1) is 5.56 Å². The minimum Gasteiger partial charge on any atom is -0.336 e. The lowest BCUT2D eigenvalue weighted by molar-refractivity contribution is 0.0550. The highest BCUT2D eigenvalue weighted by atomic mass is 16.2. The Hall–Kier alpha value is -1.62. The number of rotatable bonds is 2. The maximum absolute atomic E-state index is 12.4. The Morgan fingerprint density at radius 3 is 2.89 bits per heavy atom. The molecule has 3 N–H and O–H groups in total. The van der Waals surface area contributed by atoms with Gasteiger partial charge in [0.25, 0.3) is 5.91 Å². The number of hydrogen-bond acceptors (Lipinski definition) is 4.